The van der Waals surface area contributed by atoms with E-state index < -0.39 is 0 Å². The summed E-state index contributed by atoms with van der Waals surface area (Å²) in [6.07, 6.45) is 9.11. The van der Waals surface area contributed by atoms with Gasteiger partial charge in [0.25, 0.3) is 0 Å². The fourth-order valence-electron chi connectivity index (χ4n) is 3.70. The van der Waals surface area contributed by atoms with Gasteiger partial charge >= 0.3 is 0 Å². The first-order valence-corrected chi connectivity index (χ1v) is 8.57. The maximum atomic E-state index is 9.35. The van der Waals surface area contributed by atoms with Crippen LogP contribution in [0.2, 0.25) is 0 Å². The SMILES string of the molecule is OCC1CCCN(c2ccc(NC3CCCCC3)cc2)C1. The normalized spacial score (nSPS) is 24.0. The Labute approximate surface area is 128 Å². The van der Waals surface area contributed by atoms with E-state index in [1.165, 1.54) is 49.9 Å². The number of aliphatic hydroxyl groups excluding tert-OH is 1. The summed E-state index contributed by atoms with van der Waals surface area (Å²) < 4.78 is 0. The van der Waals surface area contributed by atoms with E-state index in [4.69, 9.17) is 0 Å². The van der Waals surface area contributed by atoms with Gasteiger partial charge in [0.2, 0.25) is 0 Å². The molecule has 0 aromatic heterocycles. The van der Waals surface area contributed by atoms with Crippen LogP contribution < -0.4 is 10.2 Å². The van der Waals surface area contributed by atoms with Gasteiger partial charge in [-0.25, -0.2) is 0 Å². The third-order valence-electron chi connectivity index (χ3n) is 4.99. The number of nitrogens with zero attached hydrogens (tertiary/aromatic N) is 1. The molecule has 0 bridgehead atoms. The summed E-state index contributed by atoms with van der Waals surface area (Å²) in [4.78, 5) is 2.41. The first-order valence-electron chi connectivity index (χ1n) is 8.57. The minimum atomic E-state index is 0.317. The lowest BCUT2D eigenvalue weighted by Crippen LogP contribution is -2.36. The molecule has 116 valence electrons. The molecule has 1 aliphatic heterocycles. The summed E-state index contributed by atoms with van der Waals surface area (Å²) >= 11 is 0. The molecule has 1 unspecified atom stereocenters. The summed E-state index contributed by atoms with van der Waals surface area (Å²) in [6, 6.07) is 9.55. The molecule has 2 aliphatic rings. The molecule has 1 saturated heterocycles. The minimum Gasteiger partial charge on any atom is -0.396 e. The molecule has 0 amide bonds. The minimum absolute atomic E-state index is 0.317. The van der Waals surface area contributed by atoms with Crippen LogP contribution in [0.15, 0.2) is 24.3 Å². The van der Waals surface area contributed by atoms with Crippen LogP contribution >= 0.6 is 0 Å². The summed E-state index contributed by atoms with van der Waals surface area (Å²) in [5, 5.41) is 13.0. The third kappa shape index (κ3) is 3.91. The first-order chi connectivity index (χ1) is 10.3. The van der Waals surface area contributed by atoms with E-state index in [1.54, 1.807) is 0 Å². The lowest BCUT2D eigenvalue weighted by atomic mass is 9.95. The van der Waals surface area contributed by atoms with Crippen LogP contribution in [0, 0.1) is 5.92 Å². The number of benzene rings is 1. The number of anilines is 2. The molecule has 3 rings (SSSR count). The summed E-state index contributed by atoms with van der Waals surface area (Å²) in [7, 11) is 0. The molecule has 3 heteroatoms. The van der Waals surface area contributed by atoms with Crippen LogP contribution in [0.3, 0.4) is 0 Å². The molecular weight excluding hydrogens is 260 g/mol. The second-order valence-corrected chi connectivity index (χ2v) is 6.66. The Morgan fingerprint density at radius 1 is 1.00 bits per heavy atom. The van der Waals surface area contributed by atoms with E-state index in [2.05, 4.69) is 34.5 Å². The highest BCUT2D eigenvalue weighted by Crippen LogP contribution is 2.26. The molecule has 21 heavy (non-hydrogen) atoms. The van der Waals surface area contributed by atoms with Crippen molar-refractivity contribution in [1.29, 1.82) is 0 Å². The third-order valence-corrected chi connectivity index (χ3v) is 4.99. The second kappa shape index (κ2) is 7.17. The maximum absolute atomic E-state index is 9.35. The maximum Gasteiger partial charge on any atom is 0.0476 e. The van der Waals surface area contributed by atoms with Gasteiger partial charge in [-0.3, -0.25) is 0 Å². The monoisotopic (exact) mass is 288 g/mol. The second-order valence-electron chi connectivity index (χ2n) is 6.66. The van der Waals surface area contributed by atoms with Gasteiger partial charge in [-0.1, -0.05) is 19.3 Å². The molecule has 1 aromatic rings. The Morgan fingerprint density at radius 3 is 2.48 bits per heavy atom. The number of nitrogens with one attached hydrogen (secondary N) is 1. The van der Waals surface area contributed by atoms with Crippen LogP contribution in [-0.4, -0.2) is 30.8 Å². The predicted octanol–water partition coefficient (Wildman–Crippen LogP) is 3.64. The average Bonchev–Trinajstić information content (AvgIpc) is 2.56. The van der Waals surface area contributed by atoms with E-state index in [0.29, 0.717) is 18.6 Å². The van der Waals surface area contributed by atoms with Gasteiger partial charge in [0.1, 0.15) is 0 Å². The molecule has 2 N–H and O–H groups in total. The van der Waals surface area contributed by atoms with Gasteiger partial charge in [-0.2, -0.15) is 0 Å². The fraction of sp³-hybridized carbons (Fsp3) is 0.667. The van der Waals surface area contributed by atoms with Crippen LogP contribution in [0.1, 0.15) is 44.9 Å². The first kappa shape index (κ1) is 14.7. The zero-order chi connectivity index (χ0) is 14.5. The van der Waals surface area contributed by atoms with Crippen molar-refractivity contribution in [2.24, 2.45) is 5.92 Å². The van der Waals surface area contributed by atoms with Gasteiger partial charge in [-0.15, -0.1) is 0 Å². The van der Waals surface area contributed by atoms with Crippen molar-refractivity contribution in [3.8, 4) is 0 Å². The lowest BCUT2D eigenvalue weighted by Gasteiger charge is -2.33. The van der Waals surface area contributed by atoms with Crippen molar-refractivity contribution < 1.29 is 5.11 Å². The van der Waals surface area contributed by atoms with E-state index >= 15 is 0 Å². The van der Waals surface area contributed by atoms with Gasteiger partial charge < -0.3 is 15.3 Å². The summed E-state index contributed by atoms with van der Waals surface area (Å²) in [5.41, 5.74) is 2.55. The molecular formula is C18H28N2O. The molecule has 2 fully saturated rings. The van der Waals surface area contributed by atoms with Crippen molar-refractivity contribution >= 4 is 11.4 Å². The highest BCUT2D eigenvalue weighted by Gasteiger charge is 2.19. The van der Waals surface area contributed by atoms with Gasteiger partial charge in [-0.05, 0) is 55.9 Å². The largest absolute Gasteiger partial charge is 0.396 e. The number of aliphatic hydroxyl groups is 1. The molecule has 1 aliphatic carbocycles. The van der Waals surface area contributed by atoms with Gasteiger partial charge in [0, 0.05) is 37.1 Å². The van der Waals surface area contributed by atoms with Crippen LogP contribution in [0.5, 0.6) is 0 Å². The van der Waals surface area contributed by atoms with Crippen molar-refractivity contribution in [3.63, 3.8) is 0 Å². The van der Waals surface area contributed by atoms with E-state index in [1.807, 2.05) is 0 Å². The Kier molecular flexibility index (Phi) is 5.02. The zero-order valence-corrected chi connectivity index (χ0v) is 12.9. The van der Waals surface area contributed by atoms with Crippen molar-refractivity contribution in [2.45, 2.75) is 51.0 Å². The average molecular weight is 288 g/mol. The van der Waals surface area contributed by atoms with E-state index in [0.717, 1.165) is 19.5 Å². The topological polar surface area (TPSA) is 35.5 Å². The number of hydrogen-bond acceptors (Lipinski definition) is 3. The van der Waals surface area contributed by atoms with E-state index in [-0.39, 0.29) is 0 Å². The Hall–Kier alpha value is -1.22. The number of hydrogen-bond donors (Lipinski definition) is 2. The highest BCUT2D eigenvalue weighted by molar-refractivity contribution is 5.55. The molecule has 0 radical (unpaired) electrons. The smallest absolute Gasteiger partial charge is 0.0476 e. The molecule has 1 heterocycles. The standard InChI is InChI=1S/C18H28N2O/c21-14-15-5-4-12-20(13-15)18-10-8-17(9-11-18)19-16-6-2-1-3-7-16/h8-11,15-16,19,21H,1-7,12-14H2. The lowest BCUT2D eigenvalue weighted by molar-refractivity contribution is 0.209. The van der Waals surface area contributed by atoms with Crippen molar-refractivity contribution in [1.82, 2.24) is 0 Å². The van der Waals surface area contributed by atoms with Gasteiger partial charge in [0.05, 0.1) is 0 Å². The summed E-state index contributed by atoms with van der Waals surface area (Å²) in [6.45, 7) is 2.43. The molecule has 1 atom stereocenters. The van der Waals surface area contributed by atoms with Crippen molar-refractivity contribution in [2.75, 3.05) is 29.9 Å². The Morgan fingerprint density at radius 2 is 1.76 bits per heavy atom. The van der Waals surface area contributed by atoms with Crippen LogP contribution in [-0.2, 0) is 0 Å². The quantitative estimate of drug-likeness (QED) is 0.888. The molecule has 3 nitrogen and oxygen atoms in total. The Bertz CT molecular complexity index is 425. The van der Waals surface area contributed by atoms with E-state index in [9.17, 15) is 5.11 Å². The molecule has 0 spiro atoms. The predicted molar refractivity (Wildman–Crippen MR) is 89.0 cm³/mol. The van der Waals surface area contributed by atoms with Crippen LogP contribution in [0.25, 0.3) is 0 Å². The zero-order valence-electron chi connectivity index (χ0n) is 12.9. The fourth-order valence-corrected chi connectivity index (χ4v) is 3.70. The number of piperidine rings is 1. The highest BCUT2D eigenvalue weighted by atomic mass is 16.3. The molecule has 1 aromatic carbocycles. The summed E-state index contributed by atoms with van der Waals surface area (Å²) in [5.74, 6) is 0.443. The molecule has 1 saturated carbocycles. The van der Waals surface area contributed by atoms with Gasteiger partial charge in [0.15, 0.2) is 0 Å². The Balaban J connectivity index is 1.58. The number of rotatable bonds is 4. The van der Waals surface area contributed by atoms with Crippen molar-refractivity contribution in [3.05, 3.63) is 24.3 Å². The van der Waals surface area contributed by atoms with Crippen LogP contribution in [0.4, 0.5) is 11.4 Å².